The fourth-order valence-electron chi connectivity index (χ4n) is 2.69. The van der Waals surface area contributed by atoms with E-state index in [2.05, 4.69) is 26.1 Å². The summed E-state index contributed by atoms with van der Waals surface area (Å²) in [4.78, 5) is 0. The molecule has 0 aliphatic carbocycles. The van der Waals surface area contributed by atoms with E-state index < -0.39 is 0 Å². The van der Waals surface area contributed by atoms with E-state index in [1.165, 1.54) is 19.3 Å². The highest BCUT2D eigenvalue weighted by Gasteiger charge is 2.31. The molecule has 2 unspecified atom stereocenters. The smallest absolute Gasteiger partial charge is 0.0641 e. The molecular formula is C12H25NO. The monoisotopic (exact) mass is 199 g/mol. The minimum atomic E-state index is 0.215. The summed E-state index contributed by atoms with van der Waals surface area (Å²) in [6.45, 7) is 8.90. The summed E-state index contributed by atoms with van der Waals surface area (Å²) in [5, 5.41) is 3.57. The summed E-state index contributed by atoms with van der Waals surface area (Å²) in [7, 11) is 1.79. The molecule has 0 aromatic heterocycles. The quantitative estimate of drug-likeness (QED) is 0.751. The predicted octanol–water partition coefficient (Wildman–Crippen LogP) is 2.44. The van der Waals surface area contributed by atoms with Crippen molar-refractivity contribution in [1.82, 2.24) is 5.32 Å². The van der Waals surface area contributed by atoms with Crippen molar-refractivity contribution in [3.05, 3.63) is 0 Å². The molecule has 14 heavy (non-hydrogen) atoms. The number of hydrogen-bond acceptors (Lipinski definition) is 2. The number of hydrogen-bond donors (Lipinski definition) is 1. The normalized spacial score (nSPS) is 33.6. The SMILES string of the molecule is COCC1(C)CC(CC(C)C)CCN1. The minimum absolute atomic E-state index is 0.215. The van der Waals surface area contributed by atoms with Gasteiger partial charge in [0.25, 0.3) is 0 Å². The Hall–Kier alpha value is -0.0800. The van der Waals surface area contributed by atoms with E-state index in [-0.39, 0.29) is 5.54 Å². The number of methoxy groups -OCH3 is 1. The van der Waals surface area contributed by atoms with Crippen molar-refractivity contribution in [1.29, 1.82) is 0 Å². The molecule has 1 saturated heterocycles. The Bertz CT molecular complexity index is 166. The summed E-state index contributed by atoms with van der Waals surface area (Å²) >= 11 is 0. The maximum atomic E-state index is 5.28. The average molecular weight is 199 g/mol. The lowest BCUT2D eigenvalue weighted by Gasteiger charge is -2.39. The van der Waals surface area contributed by atoms with E-state index >= 15 is 0 Å². The van der Waals surface area contributed by atoms with Crippen LogP contribution in [0.3, 0.4) is 0 Å². The van der Waals surface area contributed by atoms with Crippen molar-refractivity contribution in [2.75, 3.05) is 20.3 Å². The van der Waals surface area contributed by atoms with Crippen LogP contribution in [0.25, 0.3) is 0 Å². The molecule has 1 aliphatic heterocycles. The van der Waals surface area contributed by atoms with Gasteiger partial charge in [-0.25, -0.2) is 0 Å². The molecule has 1 rings (SSSR count). The zero-order valence-electron chi connectivity index (χ0n) is 10.1. The van der Waals surface area contributed by atoms with Crippen molar-refractivity contribution in [3.63, 3.8) is 0 Å². The van der Waals surface area contributed by atoms with Crippen molar-refractivity contribution >= 4 is 0 Å². The van der Waals surface area contributed by atoms with Crippen LogP contribution < -0.4 is 5.32 Å². The second-order valence-corrected chi connectivity index (χ2v) is 5.41. The third kappa shape index (κ3) is 3.58. The standard InChI is InChI=1S/C12H25NO/c1-10(2)7-11-5-6-13-12(3,8-11)9-14-4/h10-11,13H,5-9H2,1-4H3. The Morgan fingerprint density at radius 3 is 2.79 bits per heavy atom. The lowest BCUT2D eigenvalue weighted by molar-refractivity contribution is 0.0785. The lowest BCUT2D eigenvalue weighted by Crippen LogP contribution is -2.51. The van der Waals surface area contributed by atoms with Crippen LogP contribution >= 0.6 is 0 Å². The van der Waals surface area contributed by atoms with Gasteiger partial charge in [-0.05, 0) is 44.6 Å². The molecule has 0 aromatic carbocycles. The molecule has 0 spiro atoms. The highest BCUT2D eigenvalue weighted by atomic mass is 16.5. The van der Waals surface area contributed by atoms with Crippen LogP contribution in [-0.4, -0.2) is 25.8 Å². The first-order chi connectivity index (χ1) is 6.56. The second-order valence-electron chi connectivity index (χ2n) is 5.41. The van der Waals surface area contributed by atoms with Crippen LogP contribution in [0.2, 0.25) is 0 Å². The molecule has 0 radical (unpaired) electrons. The third-order valence-corrected chi connectivity index (χ3v) is 3.11. The van der Waals surface area contributed by atoms with E-state index in [0.29, 0.717) is 0 Å². The molecule has 84 valence electrons. The van der Waals surface area contributed by atoms with Crippen LogP contribution in [0.1, 0.15) is 40.0 Å². The predicted molar refractivity (Wildman–Crippen MR) is 60.5 cm³/mol. The minimum Gasteiger partial charge on any atom is -0.383 e. The van der Waals surface area contributed by atoms with Crippen molar-refractivity contribution in [3.8, 4) is 0 Å². The van der Waals surface area contributed by atoms with Crippen LogP contribution in [-0.2, 0) is 4.74 Å². The topological polar surface area (TPSA) is 21.3 Å². The fraction of sp³-hybridized carbons (Fsp3) is 1.00. The number of piperidine rings is 1. The summed E-state index contributed by atoms with van der Waals surface area (Å²) in [6.07, 6.45) is 3.96. The Kier molecular flexibility index (Phi) is 4.39. The van der Waals surface area contributed by atoms with Crippen molar-refractivity contribution in [2.24, 2.45) is 11.8 Å². The molecule has 0 saturated carbocycles. The van der Waals surface area contributed by atoms with Gasteiger partial charge in [0.05, 0.1) is 6.61 Å². The van der Waals surface area contributed by atoms with Gasteiger partial charge in [0, 0.05) is 12.6 Å². The fourth-order valence-corrected chi connectivity index (χ4v) is 2.69. The Labute approximate surface area is 88.4 Å². The number of rotatable bonds is 4. The van der Waals surface area contributed by atoms with Gasteiger partial charge in [-0.3, -0.25) is 0 Å². The highest BCUT2D eigenvalue weighted by Crippen LogP contribution is 2.29. The van der Waals surface area contributed by atoms with Gasteiger partial charge in [-0.1, -0.05) is 13.8 Å². The largest absolute Gasteiger partial charge is 0.383 e. The molecule has 0 amide bonds. The van der Waals surface area contributed by atoms with Gasteiger partial charge in [0.15, 0.2) is 0 Å². The molecular weight excluding hydrogens is 174 g/mol. The van der Waals surface area contributed by atoms with Gasteiger partial charge in [-0.2, -0.15) is 0 Å². The van der Waals surface area contributed by atoms with Crippen LogP contribution in [0.15, 0.2) is 0 Å². The highest BCUT2D eigenvalue weighted by molar-refractivity contribution is 4.90. The van der Waals surface area contributed by atoms with Crippen LogP contribution in [0, 0.1) is 11.8 Å². The van der Waals surface area contributed by atoms with Gasteiger partial charge in [0.1, 0.15) is 0 Å². The Balaban J connectivity index is 2.42. The van der Waals surface area contributed by atoms with Crippen LogP contribution in [0.4, 0.5) is 0 Å². The summed E-state index contributed by atoms with van der Waals surface area (Å²) < 4.78 is 5.28. The van der Waals surface area contributed by atoms with E-state index in [9.17, 15) is 0 Å². The molecule has 0 bridgehead atoms. The first-order valence-corrected chi connectivity index (χ1v) is 5.80. The molecule has 2 heteroatoms. The van der Waals surface area contributed by atoms with E-state index in [1.54, 1.807) is 7.11 Å². The molecule has 2 nitrogen and oxygen atoms in total. The zero-order valence-corrected chi connectivity index (χ0v) is 10.1. The Morgan fingerprint density at radius 2 is 2.21 bits per heavy atom. The summed E-state index contributed by atoms with van der Waals surface area (Å²) in [6, 6.07) is 0. The van der Waals surface area contributed by atoms with E-state index in [4.69, 9.17) is 4.74 Å². The van der Waals surface area contributed by atoms with Crippen molar-refractivity contribution < 1.29 is 4.74 Å². The molecule has 1 aliphatic rings. The second kappa shape index (κ2) is 5.13. The average Bonchev–Trinajstić information content (AvgIpc) is 2.02. The lowest BCUT2D eigenvalue weighted by atomic mass is 9.80. The van der Waals surface area contributed by atoms with Crippen LogP contribution in [0.5, 0.6) is 0 Å². The third-order valence-electron chi connectivity index (χ3n) is 3.11. The molecule has 2 atom stereocenters. The first-order valence-electron chi connectivity index (χ1n) is 5.80. The summed E-state index contributed by atoms with van der Waals surface area (Å²) in [5.41, 5.74) is 0.215. The first kappa shape index (κ1) is 12.0. The number of nitrogens with one attached hydrogen (secondary N) is 1. The van der Waals surface area contributed by atoms with Gasteiger partial charge in [-0.15, -0.1) is 0 Å². The molecule has 1 N–H and O–H groups in total. The van der Waals surface area contributed by atoms with Gasteiger partial charge in [0.2, 0.25) is 0 Å². The van der Waals surface area contributed by atoms with E-state index in [1.807, 2.05) is 0 Å². The van der Waals surface area contributed by atoms with Gasteiger partial charge >= 0.3 is 0 Å². The van der Waals surface area contributed by atoms with Gasteiger partial charge < -0.3 is 10.1 Å². The van der Waals surface area contributed by atoms with Crippen molar-refractivity contribution in [2.45, 2.75) is 45.6 Å². The maximum absolute atomic E-state index is 5.28. The molecule has 1 heterocycles. The zero-order chi connectivity index (χ0) is 10.6. The summed E-state index contributed by atoms with van der Waals surface area (Å²) in [5.74, 6) is 1.71. The Morgan fingerprint density at radius 1 is 1.50 bits per heavy atom. The molecule has 1 fully saturated rings. The number of ether oxygens (including phenoxy) is 1. The van der Waals surface area contributed by atoms with E-state index in [0.717, 1.165) is 25.0 Å². The maximum Gasteiger partial charge on any atom is 0.0641 e. The molecule has 0 aromatic rings.